The molecule has 0 amide bonds. The van der Waals surface area contributed by atoms with Crippen LogP contribution in [0.4, 0.5) is 5.69 Å². The lowest BCUT2D eigenvalue weighted by Crippen LogP contribution is -2.10. The molecule has 0 bridgehead atoms. The summed E-state index contributed by atoms with van der Waals surface area (Å²) in [4.78, 5) is 9.67. The molecule has 0 aliphatic heterocycles. The first kappa shape index (κ1) is 16.1. The summed E-state index contributed by atoms with van der Waals surface area (Å²) in [5.74, 6) is 0.588. The number of nitro groups is 1. The van der Waals surface area contributed by atoms with Crippen LogP contribution in [-0.2, 0) is 10.1 Å². The predicted molar refractivity (Wildman–Crippen MR) is 78.9 cm³/mol. The average molecular weight is 344 g/mol. The van der Waals surface area contributed by atoms with Crippen LogP contribution in [0.15, 0.2) is 47.4 Å². The van der Waals surface area contributed by atoms with Gasteiger partial charge in [-0.05, 0) is 36.4 Å². The van der Waals surface area contributed by atoms with Crippen molar-refractivity contribution in [3.8, 4) is 11.5 Å². The third-order valence-corrected chi connectivity index (χ3v) is 4.23. The lowest BCUT2D eigenvalue weighted by Gasteiger charge is -2.08. The molecule has 0 aliphatic carbocycles. The Labute approximate surface area is 131 Å². The summed E-state index contributed by atoms with van der Waals surface area (Å²) >= 11 is 5.64. The van der Waals surface area contributed by atoms with Gasteiger partial charge in [0.25, 0.3) is 5.69 Å². The Morgan fingerprint density at radius 1 is 1.09 bits per heavy atom. The summed E-state index contributed by atoms with van der Waals surface area (Å²) in [6, 6.07) is 8.96. The molecule has 0 heterocycles. The molecule has 2 aromatic carbocycles. The average Bonchev–Trinajstić information content (AvgIpc) is 2.47. The summed E-state index contributed by atoms with van der Waals surface area (Å²) in [5, 5.41) is 10.6. The van der Waals surface area contributed by atoms with Gasteiger partial charge in [0.15, 0.2) is 0 Å². The predicted octanol–water partition coefficient (Wildman–Crippen LogP) is 3.02. The number of nitro benzene ring substituents is 1. The molecule has 0 fully saturated rings. The molecule has 0 N–H and O–H groups in total. The molecular weight excluding hydrogens is 334 g/mol. The third kappa shape index (κ3) is 3.46. The van der Waals surface area contributed by atoms with Crippen molar-refractivity contribution in [1.82, 2.24) is 0 Å². The standard InChI is InChI=1S/C13H10ClNO6S/c1-20-9-2-4-10(5-3-9)21-22(18,19)11-6-7-12(14)13(8-11)15(16)17/h2-8H,1H3. The van der Waals surface area contributed by atoms with Crippen LogP contribution in [0.3, 0.4) is 0 Å². The van der Waals surface area contributed by atoms with Crippen LogP contribution in [0.25, 0.3) is 0 Å². The van der Waals surface area contributed by atoms with Crippen LogP contribution in [0.1, 0.15) is 0 Å². The molecule has 0 saturated carbocycles. The maximum Gasteiger partial charge on any atom is 0.339 e. The van der Waals surface area contributed by atoms with Crippen molar-refractivity contribution in [1.29, 1.82) is 0 Å². The lowest BCUT2D eigenvalue weighted by atomic mass is 10.3. The molecule has 0 aliphatic rings. The van der Waals surface area contributed by atoms with Crippen molar-refractivity contribution >= 4 is 27.4 Å². The van der Waals surface area contributed by atoms with Crippen LogP contribution < -0.4 is 8.92 Å². The van der Waals surface area contributed by atoms with Crippen molar-refractivity contribution in [2.45, 2.75) is 4.90 Å². The Morgan fingerprint density at radius 2 is 1.68 bits per heavy atom. The minimum Gasteiger partial charge on any atom is -0.497 e. The number of ether oxygens (including phenoxy) is 1. The summed E-state index contributed by atoms with van der Waals surface area (Å²) in [6.07, 6.45) is 0. The molecule has 22 heavy (non-hydrogen) atoms. The molecule has 0 atom stereocenters. The van der Waals surface area contributed by atoms with Crippen LogP contribution in [-0.4, -0.2) is 20.5 Å². The topological polar surface area (TPSA) is 95.7 Å². The number of benzene rings is 2. The highest BCUT2D eigenvalue weighted by atomic mass is 35.5. The Balaban J connectivity index is 2.33. The SMILES string of the molecule is COc1ccc(OS(=O)(=O)c2ccc(Cl)c([N+](=O)[O-])c2)cc1. The lowest BCUT2D eigenvalue weighted by molar-refractivity contribution is -0.384. The van der Waals surface area contributed by atoms with E-state index in [2.05, 4.69) is 0 Å². The van der Waals surface area contributed by atoms with Gasteiger partial charge in [-0.3, -0.25) is 10.1 Å². The van der Waals surface area contributed by atoms with Gasteiger partial charge in [0.05, 0.1) is 12.0 Å². The molecule has 2 aromatic rings. The van der Waals surface area contributed by atoms with Crippen molar-refractivity contribution in [2.24, 2.45) is 0 Å². The fourth-order valence-electron chi connectivity index (χ4n) is 1.59. The van der Waals surface area contributed by atoms with Gasteiger partial charge in [-0.15, -0.1) is 0 Å². The number of nitrogens with zero attached hydrogens (tertiary/aromatic N) is 1. The summed E-state index contributed by atoms with van der Waals surface area (Å²) < 4.78 is 34.1. The molecule has 7 nitrogen and oxygen atoms in total. The second-order valence-corrected chi connectivity index (χ2v) is 6.04. The smallest absolute Gasteiger partial charge is 0.339 e. The molecule has 0 radical (unpaired) electrons. The summed E-state index contributed by atoms with van der Waals surface area (Å²) in [7, 11) is -2.74. The highest BCUT2D eigenvalue weighted by Gasteiger charge is 2.22. The number of methoxy groups -OCH3 is 1. The van der Waals surface area contributed by atoms with E-state index in [0.29, 0.717) is 5.75 Å². The van der Waals surface area contributed by atoms with E-state index in [-0.39, 0.29) is 15.7 Å². The van der Waals surface area contributed by atoms with E-state index >= 15 is 0 Å². The maximum absolute atomic E-state index is 12.1. The van der Waals surface area contributed by atoms with E-state index in [1.807, 2.05) is 0 Å². The van der Waals surface area contributed by atoms with E-state index in [4.69, 9.17) is 20.5 Å². The van der Waals surface area contributed by atoms with Gasteiger partial charge in [0.2, 0.25) is 0 Å². The van der Waals surface area contributed by atoms with E-state index in [0.717, 1.165) is 18.2 Å². The van der Waals surface area contributed by atoms with Gasteiger partial charge in [-0.1, -0.05) is 11.6 Å². The van der Waals surface area contributed by atoms with Crippen molar-refractivity contribution in [3.05, 3.63) is 57.6 Å². The Hall–Kier alpha value is -2.32. The van der Waals surface area contributed by atoms with Gasteiger partial charge in [0, 0.05) is 6.07 Å². The van der Waals surface area contributed by atoms with E-state index < -0.39 is 20.7 Å². The molecule has 0 aromatic heterocycles. The Kier molecular flexibility index (Phi) is 4.53. The summed E-state index contributed by atoms with van der Waals surface area (Å²) in [5.41, 5.74) is -0.513. The van der Waals surface area contributed by atoms with Gasteiger partial charge < -0.3 is 8.92 Å². The van der Waals surface area contributed by atoms with Crippen molar-refractivity contribution < 1.29 is 22.3 Å². The zero-order valence-electron chi connectivity index (χ0n) is 11.2. The molecule has 0 unspecified atom stereocenters. The minimum atomic E-state index is -4.21. The quantitative estimate of drug-likeness (QED) is 0.470. The Morgan fingerprint density at radius 3 is 2.23 bits per heavy atom. The number of hydrogen-bond acceptors (Lipinski definition) is 6. The largest absolute Gasteiger partial charge is 0.497 e. The summed E-state index contributed by atoms with van der Waals surface area (Å²) in [6.45, 7) is 0. The van der Waals surface area contributed by atoms with Crippen LogP contribution in [0.2, 0.25) is 5.02 Å². The molecule has 0 spiro atoms. The highest BCUT2D eigenvalue weighted by molar-refractivity contribution is 7.87. The first-order valence-electron chi connectivity index (χ1n) is 5.86. The zero-order valence-corrected chi connectivity index (χ0v) is 12.8. The first-order chi connectivity index (χ1) is 10.3. The molecule has 116 valence electrons. The first-order valence-corrected chi connectivity index (χ1v) is 7.64. The second kappa shape index (κ2) is 6.20. The van der Waals surface area contributed by atoms with E-state index in [9.17, 15) is 18.5 Å². The molecule has 2 rings (SSSR count). The van der Waals surface area contributed by atoms with Crippen molar-refractivity contribution in [2.75, 3.05) is 7.11 Å². The maximum atomic E-state index is 12.1. The molecular formula is C13H10ClNO6S. The van der Waals surface area contributed by atoms with Gasteiger partial charge in [-0.25, -0.2) is 0 Å². The van der Waals surface area contributed by atoms with Gasteiger partial charge in [-0.2, -0.15) is 8.42 Å². The fourth-order valence-corrected chi connectivity index (χ4v) is 2.73. The molecule has 9 heteroatoms. The number of halogens is 1. The highest BCUT2D eigenvalue weighted by Crippen LogP contribution is 2.28. The van der Waals surface area contributed by atoms with Gasteiger partial charge >= 0.3 is 10.1 Å². The van der Waals surface area contributed by atoms with Gasteiger partial charge in [0.1, 0.15) is 21.4 Å². The Bertz CT molecular complexity index is 804. The fraction of sp³-hybridized carbons (Fsp3) is 0.0769. The van der Waals surface area contributed by atoms with E-state index in [1.54, 1.807) is 0 Å². The zero-order chi connectivity index (χ0) is 16.3. The number of hydrogen-bond donors (Lipinski definition) is 0. The van der Waals surface area contributed by atoms with Crippen molar-refractivity contribution in [3.63, 3.8) is 0 Å². The normalized spacial score (nSPS) is 11.0. The van der Waals surface area contributed by atoms with Crippen LogP contribution in [0.5, 0.6) is 11.5 Å². The van der Waals surface area contributed by atoms with Crippen LogP contribution in [0, 0.1) is 10.1 Å². The minimum absolute atomic E-state index is 0.0541. The molecule has 0 saturated heterocycles. The number of rotatable bonds is 5. The third-order valence-electron chi connectivity index (χ3n) is 2.67. The second-order valence-electron chi connectivity index (χ2n) is 4.08. The van der Waals surface area contributed by atoms with E-state index in [1.165, 1.54) is 31.4 Å². The van der Waals surface area contributed by atoms with Crippen LogP contribution >= 0.6 is 11.6 Å². The monoisotopic (exact) mass is 343 g/mol.